The summed E-state index contributed by atoms with van der Waals surface area (Å²) in [6, 6.07) is 15.4. The number of anilines is 4. The van der Waals surface area contributed by atoms with Gasteiger partial charge in [-0.15, -0.1) is 0 Å². The Balaban J connectivity index is 1.71. The SMILES string of the molecule is CCN(CC)c1ccc(NC(=O)c2ccnc(Nc3cccc(C)c3C)n2)cc1. The molecule has 0 aliphatic heterocycles. The summed E-state index contributed by atoms with van der Waals surface area (Å²) in [5, 5.41) is 6.09. The van der Waals surface area contributed by atoms with Gasteiger partial charge in [0.15, 0.2) is 0 Å². The van der Waals surface area contributed by atoms with Crippen LogP contribution in [-0.2, 0) is 0 Å². The van der Waals surface area contributed by atoms with Crippen LogP contribution < -0.4 is 15.5 Å². The Morgan fingerprint density at radius 3 is 2.41 bits per heavy atom. The van der Waals surface area contributed by atoms with Crippen molar-refractivity contribution < 1.29 is 4.79 Å². The minimum Gasteiger partial charge on any atom is -0.372 e. The molecule has 0 unspecified atom stereocenters. The summed E-state index contributed by atoms with van der Waals surface area (Å²) < 4.78 is 0. The second kappa shape index (κ2) is 9.19. The smallest absolute Gasteiger partial charge is 0.274 e. The van der Waals surface area contributed by atoms with Gasteiger partial charge in [-0.1, -0.05) is 12.1 Å². The van der Waals surface area contributed by atoms with Crippen LogP contribution in [0.5, 0.6) is 0 Å². The molecule has 6 nitrogen and oxygen atoms in total. The molecule has 0 radical (unpaired) electrons. The van der Waals surface area contributed by atoms with Gasteiger partial charge in [-0.05, 0) is 75.2 Å². The Kier molecular flexibility index (Phi) is 6.44. The van der Waals surface area contributed by atoms with E-state index in [1.54, 1.807) is 12.3 Å². The molecule has 3 rings (SSSR count). The number of aryl methyl sites for hydroxylation is 1. The highest BCUT2D eigenvalue weighted by Gasteiger charge is 2.11. The van der Waals surface area contributed by atoms with E-state index < -0.39 is 0 Å². The van der Waals surface area contributed by atoms with Crippen molar-refractivity contribution in [2.24, 2.45) is 0 Å². The minimum absolute atomic E-state index is 0.271. The molecule has 0 saturated carbocycles. The molecule has 1 aromatic heterocycles. The Labute approximate surface area is 172 Å². The molecule has 0 spiro atoms. The molecule has 0 fully saturated rings. The van der Waals surface area contributed by atoms with Crippen molar-refractivity contribution in [2.75, 3.05) is 28.6 Å². The van der Waals surface area contributed by atoms with E-state index in [9.17, 15) is 4.79 Å². The molecule has 29 heavy (non-hydrogen) atoms. The van der Waals surface area contributed by atoms with Crippen molar-refractivity contribution in [1.29, 1.82) is 0 Å². The van der Waals surface area contributed by atoms with Crippen LogP contribution in [0.3, 0.4) is 0 Å². The van der Waals surface area contributed by atoms with Gasteiger partial charge in [0.25, 0.3) is 5.91 Å². The number of amides is 1. The van der Waals surface area contributed by atoms with Crippen LogP contribution in [0.15, 0.2) is 54.7 Å². The molecule has 2 aromatic carbocycles. The number of nitrogens with zero attached hydrogens (tertiary/aromatic N) is 3. The first kappa shape index (κ1) is 20.3. The highest BCUT2D eigenvalue weighted by molar-refractivity contribution is 6.03. The van der Waals surface area contributed by atoms with Crippen LogP contribution in [0, 0.1) is 13.8 Å². The van der Waals surface area contributed by atoms with E-state index in [2.05, 4.69) is 52.3 Å². The molecule has 6 heteroatoms. The van der Waals surface area contributed by atoms with Gasteiger partial charge in [0.1, 0.15) is 5.69 Å². The van der Waals surface area contributed by atoms with Crippen molar-refractivity contribution in [3.8, 4) is 0 Å². The van der Waals surface area contributed by atoms with Crippen LogP contribution in [0.4, 0.5) is 23.0 Å². The fourth-order valence-electron chi connectivity index (χ4n) is 3.09. The third-order valence-electron chi connectivity index (χ3n) is 4.99. The highest BCUT2D eigenvalue weighted by Crippen LogP contribution is 2.21. The zero-order chi connectivity index (χ0) is 20.8. The number of carbonyl (C=O) groups excluding carboxylic acids is 1. The molecule has 1 heterocycles. The normalized spacial score (nSPS) is 10.5. The van der Waals surface area contributed by atoms with E-state index in [1.165, 1.54) is 5.56 Å². The molecule has 1 amide bonds. The maximum atomic E-state index is 12.6. The lowest BCUT2D eigenvalue weighted by molar-refractivity contribution is 0.102. The first-order chi connectivity index (χ1) is 14.0. The molecule has 0 aliphatic rings. The largest absolute Gasteiger partial charge is 0.372 e. The first-order valence-electron chi connectivity index (χ1n) is 9.84. The van der Waals surface area contributed by atoms with Crippen molar-refractivity contribution in [1.82, 2.24) is 9.97 Å². The first-order valence-corrected chi connectivity index (χ1v) is 9.84. The predicted octanol–water partition coefficient (Wildman–Crippen LogP) is 4.94. The number of carbonyl (C=O) groups is 1. The third-order valence-corrected chi connectivity index (χ3v) is 4.99. The number of aromatic nitrogens is 2. The molecular formula is C23H27N5O. The predicted molar refractivity (Wildman–Crippen MR) is 119 cm³/mol. The van der Waals surface area contributed by atoms with Crippen LogP contribution in [-0.4, -0.2) is 29.0 Å². The van der Waals surface area contributed by atoms with Gasteiger partial charge in [-0.25, -0.2) is 9.97 Å². The van der Waals surface area contributed by atoms with Gasteiger partial charge in [-0.3, -0.25) is 4.79 Å². The van der Waals surface area contributed by atoms with Crippen LogP contribution in [0.25, 0.3) is 0 Å². The second-order valence-corrected chi connectivity index (χ2v) is 6.81. The van der Waals surface area contributed by atoms with E-state index in [0.29, 0.717) is 11.6 Å². The number of hydrogen-bond acceptors (Lipinski definition) is 5. The quantitative estimate of drug-likeness (QED) is 0.599. The van der Waals surface area contributed by atoms with Gasteiger partial charge in [0.05, 0.1) is 0 Å². The van der Waals surface area contributed by atoms with Gasteiger partial charge >= 0.3 is 0 Å². The maximum Gasteiger partial charge on any atom is 0.274 e. The molecule has 2 N–H and O–H groups in total. The monoisotopic (exact) mass is 389 g/mol. The fourth-order valence-corrected chi connectivity index (χ4v) is 3.09. The summed E-state index contributed by atoms with van der Waals surface area (Å²) in [7, 11) is 0. The summed E-state index contributed by atoms with van der Waals surface area (Å²) in [6.45, 7) is 10.2. The average molecular weight is 390 g/mol. The van der Waals surface area contributed by atoms with E-state index >= 15 is 0 Å². The lowest BCUT2D eigenvalue weighted by Crippen LogP contribution is -2.21. The van der Waals surface area contributed by atoms with Gasteiger partial charge in [0, 0.05) is 36.3 Å². The molecule has 0 bridgehead atoms. The third kappa shape index (κ3) is 4.90. The molecule has 3 aromatic rings. The number of nitrogens with one attached hydrogen (secondary N) is 2. The number of hydrogen-bond donors (Lipinski definition) is 2. The zero-order valence-electron chi connectivity index (χ0n) is 17.4. The number of rotatable bonds is 7. The lowest BCUT2D eigenvalue weighted by Gasteiger charge is -2.21. The highest BCUT2D eigenvalue weighted by atomic mass is 16.1. The molecule has 0 saturated heterocycles. The standard InChI is InChI=1S/C23H27N5O/c1-5-28(6-2)19-12-10-18(11-13-19)25-22(29)21-14-15-24-23(27-21)26-20-9-7-8-16(3)17(20)4/h7-15H,5-6H2,1-4H3,(H,25,29)(H,24,26,27). The summed E-state index contributed by atoms with van der Waals surface area (Å²) >= 11 is 0. The van der Waals surface area contributed by atoms with Gasteiger partial charge in [-0.2, -0.15) is 0 Å². The summed E-state index contributed by atoms with van der Waals surface area (Å²) in [5.74, 6) is 0.121. The summed E-state index contributed by atoms with van der Waals surface area (Å²) in [6.07, 6.45) is 1.58. The van der Waals surface area contributed by atoms with E-state index in [0.717, 1.165) is 35.7 Å². The van der Waals surface area contributed by atoms with Gasteiger partial charge < -0.3 is 15.5 Å². The van der Waals surface area contributed by atoms with Crippen molar-refractivity contribution in [2.45, 2.75) is 27.7 Å². The Hall–Kier alpha value is -3.41. The molecule has 0 aliphatic carbocycles. The average Bonchev–Trinajstić information content (AvgIpc) is 2.74. The Morgan fingerprint density at radius 2 is 1.72 bits per heavy atom. The molecular weight excluding hydrogens is 362 g/mol. The molecule has 150 valence electrons. The maximum absolute atomic E-state index is 12.6. The number of benzene rings is 2. The van der Waals surface area contributed by atoms with E-state index in [-0.39, 0.29) is 5.91 Å². The summed E-state index contributed by atoms with van der Waals surface area (Å²) in [4.78, 5) is 23.5. The van der Waals surface area contributed by atoms with Crippen molar-refractivity contribution in [3.05, 3.63) is 71.5 Å². The second-order valence-electron chi connectivity index (χ2n) is 6.81. The fraction of sp³-hybridized carbons (Fsp3) is 0.261. The Morgan fingerprint density at radius 1 is 1.00 bits per heavy atom. The van der Waals surface area contributed by atoms with Crippen molar-refractivity contribution in [3.63, 3.8) is 0 Å². The van der Waals surface area contributed by atoms with Gasteiger partial charge in [0.2, 0.25) is 5.95 Å². The van der Waals surface area contributed by atoms with Crippen LogP contribution in [0.2, 0.25) is 0 Å². The van der Waals surface area contributed by atoms with E-state index in [4.69, 9.17) is 0 Å². The summed E-state index contributed by atoms with van der Waals surface area (Å²) in [5.41, 5.74) is 5.40. The minimum atomic E-state index is -0.271. The lowest BCUT2D eigenvalue weighted by atomic mass is 10.1. The topological polar surface area (TPSA) is 70.2 Å². The zero-order valence-corrected chi connectivity index (χ0v) is 17.4. The van der Waals surface area contributed by atoms with Crippen LogP contribution in [0.1, 0.15) is 35.5 Å². The van der Waals surface area contributed by atoms with Crippen molar-refractivity contribution >= 4 is 28.9 Å². The molecule has 0 atom stereocenters. The van der Waals surface area contributed by atoms with E-state index in [1.807, 2.05) is 43.3 Å². The Bertz CT molecular complexity index is 981. The van der Waals surface area contributed by atoms with Crippen LogP contribution >= 0.6 is 0 Å².